The maximum Gasteiger partial charge on any atom is 0.138 e. The zero-order valence-electron chi connectivity index (χ0n) is 12.0. The van der Waals surface area contributed by atoms with Gasteiger partial charge in [0.05, 0.1) is 11.0 Å². The van der Waals surface area contributed by atoms with Crippen LogP contribution in [0.15, 0.2) is 36.7 Å². The van der Waals surface area contributed by atoms with E-state index in [4.69, 9.17) is 5.73 Å². The fourth-order valence-electron chi connectivity index (χ4n) is 2.54. The average Bonchev–Trinajstić information content (AvgIpc) is 3.06. The Kier molecular flexibility index (Phi) is 3.62. The number of hydrogen-bond acceptors (Lipinski definition) is 4. The number of aryl methyl sites for hydroxylation is 2. The molecule has 3 rings (SSSR count). The molecule has 0 amide bonds. The Hall–Kier alpha value is -2.34. The van der Waals surface area contributed by atoms with Crippen molar-refractivity contribution in [3.05, 3.63) is 42.5 Å². The predicted molar refractivity (Wildman–Crippen MR) is 81.6 cm³/mol. The summed E-state index contributed by atoms with van der Waals surface area (Å²) in [6.07, 6.45) is 4.03. The van der Waals surface area contributed by atoms with Gasteiger partial charge in [-0.3, -0.25) is 4.68 Å². The molecule has 2 aromatic heterocycles. The van der Waals surface area contributed by atoms with E-state index in [-0.39, 0.29) is 0 Å². The second-order valence-corrected chi connectivity index (χ2v) is 5.17. The maximum absolute atomic E-state index is 9.93. The Morgan fingerprint density at radius 1 is 1.33 bits per heavy atom. The van der Waals surface area contributed by atoms with Crippen molar-refractivity contribution >= 4 is 16.7 Å². The normalized spacial score (nSPS) is 12.9. The molecule has 3 N–H and O–H groups in total. The minimum Gasteiger partial charge on any atom is -0.399 e. The summed E-state index contributed by atoms with van der Waals surface area (Å²) >= 11 is 0. The lowest BCUT2D eigenvalue weighted by Crippen LogP contribution is -2.09. The van der Waals surface area contributed by atoms with Crippen molar-refractivity contribution in [1.82, 2.24) is 19.3 Å². The van der Waals surface area contributed by atoms with Gasteiger partial charge in [-0.2, -0.15) is 5.10 Å². The monoisotopic (exact) mass is 285 g/mol. The van der Waals surface area contributed by atoms with Crippen LogP contribution in [-0.2, 0) is 13.1 Å². The minimum atomic E-state index is -0.608. The van der Waals surface area contributed by atoms with Gasteiger partial charge >= 0.3 is 0 Å². The van der Waals surface area contributed by atoms with Gasteiger partial charge in [0, 0.05) is 31.2 Å². The van der Waals surface area contributed by atoms with Gasteiger partial charge in [0.1, 0.15) is 11.9 Å². The average molecular weight is 285 g/mol. The Morgan fingerprint density at radius 2 is 2.19 bits per heavy atom. The predicted octanol–water partition coefficient (Wildman–Crippen LogP) is 1.96. The van der Waals surface area contributed by atoms with Crippen molar-refractivity contribution < 1.29 is 5.11 Å². The zero-order valence-corrected chi connectivity index (χ0v) is 12.0. The molecular weight excluding hydrogens is 266 g/mol. The molecule has 2 heterocycles. The van der Waals surface area contributed by atoms with E-state index < -0.39 is 6.10 Å². The summed E-state index contributed by atoms with van der Waals surface area (Å²) in [4.78, 5) is 4.50. The van der Waals surface area contributed by atoms with Crippen molar-refractivity contribution in [3.63, 3.8) is 0 Å². The molecule has 0 radical (unpaired) electrons. The van der Waals surface area contributed by atoms with Crippen LogP contribution in [0, 0.1) is 0 Å². The molecule has 0 aliphatic rings. The molecule has 0 saturated carbocycles. The molecule has 6 heteroatoms. The molecule has 0 fully saturated rings. The quantitative estimate of drug-likeness (QED) is 0.702. The molecule has 110 valence electrons. The van der Waals surface area contributed by atoms with Gasteiger partial charge in [0.15, 0.2) is 0 Å². The highest BCUT2D eigenvalue weighted by Crippen LogP contribution is 2.23. The summed E-state index contributed by atoms with van der Waals surface area (Å²) in [7, 11) is 0. The second kappa shape index (κ2) is 5.57. The van der Waals surface area contributed by atoms with Crippen LogP contribution in [0.4, 0.5) is 5.69 Å². The first-order valence-corrected chi connectivity index (χ1v) is 7.06. The highest BCUT2D eigenvalue weighted by molar-refractivity contribution is 5.79. The first kappa shape index (κ1) is 13.6. The van der Waals surface area contributed by atoms with E-state index in [9.17, 15) is 5.11 Å². The summed E-state index contributed by atoms with van der Waals surface area (Å²) < 4.78 is 3.96. The van der Waals surface area contributed by atoms with Gasteiger partial charge < -0.3 is 15.4 Å². The molecule has 3 aromatic rings. The van der Waals surface area contributed by atoms with Gasteiger partial charge in [-0.25, -0.2) is 4.98 Å². The number of nitrogen functional groups attached to an aromatic ring is 1. The van der Waals surface area contributed by atoms with E-state index in [1.165, 1.54) is 0 Å². The molecule has 1 aromatic carbocycles. The smallest absolute Gasteiger partial charge is 0.138 e. The first-order valence-electron chi connectivity index (χ1n) is 7.06. The van der Waals surface area contributed by atoms with E-state index in [0.29, 0.717) is 11.5 Å². The number of fused-ring (bicyclic) bond motifs is 1. The second-order valence-electron chi connectivity index (χ2n) is 5.17. The van der Waals surface area contributed by atoms with Gasteiger partial charge in [-0.05, 0) is 37.6 Å². The molecular formula is C15H19N5O. The van der Waals surface area contributed by atoms with Crippen molar-refractivity contribution in [1.29, 1.82) is 0 Å². The zero-order chi connectivity index (χ0) is 14.8. The van der Waals surface area contributed by atoms with E-state index in [2.05, 4.69) is 14.6 Å². The van der Waals surface area contributed by atoms with Gasteiger partial charge in [0.2, 0.25) is 0 Å². The SMILES string of the molecule is CC(O)c1nc2cc(N)ccc2n1CCCn1cccn1. The highest BCUT2D eigenvalue weighted by atomic mass is 16.3. The van der Waals surface area contributed by atoms with Crippen LogP contribution in [0.25, 0.3) is 11.0 Å². The van der Waals surface area contributed by atoms with Crippen LogP contribution in [-0.4, -0.2) is 24.4 Å². The lowest BCUT2D eigenvalue weighted by Gasteiger charge is -2.11. The van der Waals surface area contributed by atoms with Crippen LogP contribution < -0.4 is 5.73 Å². The molecule has 1 unspecified atom stereocenters. The summed E-state index contributed by atoms with van der Waals surface area (Å²) in [6, 6.07) is 7.57. The van der Waals surface area contributed by atoms with Crippen LogP contribution in [0.5, 0.6) is 0 Å². The van der Waals surface area contributed by atoms with E-state index in [1.54, 1.807) is 13.1 Å². The van der Waals surface area contributed by atoms with Gasteiger partial charge in [-0.15, -0.1) is 0 Å². The molecule has 0 saturated heterocycles. The summed E-state index contributed by atoms with van der Waals surface area (Å²) in [6.45, 7) is 3.34. The molecule has 0 spiro atoms. The van der Waals surface area contributed by atoms with Crippen molar-refractivity contribution in [3.8, 4) is 0 Å². The third kappa shape index (κ3) is 2.75. The Balaban J connectivity index is 1.86. The number of aliphatic hydroxyl groups excluding tert-OH is 1. The van der Waals surface area contributed by atoms with Crippen molar-refractivity contribution in [2.75, 3.05) is 5.73 Å². The van der Waals surface area contributed by atoms with Crippen LogP contribution in [0.2, 0.25) is 0 Å². The topological polar surface area (TPSA) is 81.9 Å². The Morgan fingerprint density at radius 3 is 2.90 bits per heavy atom. The molecule has 21 heavy (non-hydrogen) atoms. The van der Waals surface area contributed by atoms with Gasteiger partial charge in [0.25, 0.3) is 0 Å². The summed E-state index contributed by atoms with van der Waals surface area (Å²) in [5.41, 5.74) is 8.31. The molecule has 0 aliphatic heterocycles. The standard InChI is InChI=1S/C15H19N5O/c1-11(21)15-18-13-10-12(16)4-5-14(13)20(15)9-3-8-19-7-2-6-17-19/h2,4-7,10-11,21H,3,8-9,16H2,1H3. The van der Waals surface area contributed by atoms with E-state index in [0.717, 1.165) is 30.5 Å². The number of hydrogen-bond donors (Lipinski definition) is 2. The number of anilines is 1. The molecule has 1 atom stereocenters. The number of nitrogens with zero attached hydrogens (tertiary/aromatic N) is 4. The molecule has 0 aliphatic carbocycles. The van der Waals surface area contributed by atoms with Crippen LogP contribution >= 0.6 is 0 Å². The van der Waals surface area contributed by atoms with Crippen LogP contribution in [0.1, 0.15) is 25.3 Å². The van der Waals surface area contributed by atoms with Crippen molar-refractivity contribution in [2.45, 2.75) is 32.5 Å². The summed E-state index contributed by atoms with van der Waals surface area (Å²) in [5, 5.41) is 14.1. The number of benzene rings is 1. The van der Waals surface area contributed by atoms with Gasteiger partial charge in [-0.1, -0.05) is 0 Å². The van der Waals surface area contributed by atoms with E-state index in [1.807, 2.05) is 35.1 Å². The number of aromatic nitrogens is 4. The third-order valence-corrected chi connectivity index (χ3v) is 3.50. The molecule has 6 nitrogen and oxygen atoms in total. The first-order chi connectivity index (χ1) is 10.1. The lowest BCUT2D eigenvalue weighted by atomic mass is 10.2. The highest BCUT2D eigenvalue weighted by Gasteiger charge is 2.14. The Labute approximate surface area is 122 Å². The largest absolute Gasteiger partial charge is 0.399 e. The number of rotatable bonds is 5. The number of aliphatic hydroxyl groups is 1. The third-order valence-electron chi connectivity index (χ3n) is 3.50. The number of imidazole rings is 1. The molecule has 0 bridgehead atoms. The summed E-state index contributed by atoms with van der Waals surface area (Å²) in [5.74, 6) is 0.677. The van der Waals surface area contributed by atoms with Crippen molar-refractivity contribution in [2.24, 2.45) is 0 Å². The fourth-order valence-corrected chi connectivity index (χ4v) is 2.54. The van der Waals surface area contributed by atoms with Crippen LogP contribution in [0.3, 0.4) is 0 Å². The Bertz CT molecular complexity index is 730. The number of nitrogens with two attached hydrogens (primary N) is 1. The lowest BCUT2D eigenvalue weighted by molar-refractivity contribution is 0.184. The minimum absolute atomic E-state index is 0.608. The van der Waals surface area contributed by atoms with E-state index >= 15 is 0 Å². The maximum atomic E-state index is 9.93. The fraction of sp³-hybridized carbons (Fsp3) is 0.333.